The predicted octanol–water partition coefficient (Wildman–Crippen LogP) is 5.02. The maximum atomic E-state index is 12.6. The van der Waals surface area contributed by atoms with Crippen LogP contribution in [-0.2, 0) is 4.79 Å². The van der Waals surface area contributed by atoms with Gasteiger partial charge in [0.15, 0.2) is 5.75 Å². The zero-order valence-corrected chi connectivity index (χ0v) is 26.4. The molecule has 0 bridgehead atoms. The predicted molar refractivity (Wildman–Crippen MR) is 173 cm³/mol. The van der Waals surface area contributed by atoms with E-state index < -0.39 is 6.61 Å². The second kappa shape index (κ2) is 16.2. The molecule has 2 N–H and O–H groups in total. The molecule has 14 heteroatoms. The van der Waals surface area contributed by atoms with Crippen molar-refractivity contribution in [1.29, 1.82) is 0 Å². The van der Waals surface area contributed by atoms with Gasteiger partial charge in [-0.05, 0) is 56.8 Å². The molecule has 0 unspecified atom stereocenters. The van der Waals surface area contributed by atoms with E-state index in [1.807, 2.05) is 24.1 Å². The molecule has 45 heavy (non-hydrogen) atoms. The molecule has 2 aromatic heterocycles. The molecule has 2 saturated heterocycles. The number of alkyl halides is 2. The summed E-state index contributed by atoms with van der Waals surface area (Å²) in [5.41, 5.74) is 1.94. The third-order valence-corrected chi connectivity index (χ3v) is 9.65. The van der Waals surface area contributed by atoms with Crippen molar-refractivity contribution >= 4 is 46.8 Å². The average molecular weight is 645 g/mol. The number of fused-ring (bicyclic) bond motifs is 1. The molecule has 2 aliphatic rings. The summed E-state index contributed by atoms with van der Waals surface area (Å²) in [6.45, 7) is 2.63. The summed E-state index contributed by atoms with van der Waals surface area (Å²) in [6.07, 6.45) is 11.0. The van der Waals surface area contributed by atoms with Gasteiger partial charge in [-0.25, -0.2) is 14.8 Å². The third kappa shape index (κ3) is 8.82. The summed E-state index contributed by atoms with van der Waals surface area (Å²) >= 11 is 1.92. The van der Waals surface area contributed by atoms with E-state index in [1.165, 1.54) is 12.4 Å². The van der Waals surface area contributed by atoms with E-state index in [4.69, 9.17) is 0 Å². The zero-order valence-electron chi connectivity index (χ0n) is 25.6. The Bertz CT molecular complexity index is 1380. The molecule has 0 spiro atoms. The zero-order chi connectivity index (χ0) is 31.6. The van der Waals surface area contributed by atoms with Crippen molar-refractivity contribution in [3.05, 3.63) is 42.9 Å². The molecule has 1 aromatic carbocycles. The van der Waals surface area contributed by atoms with Gasteiger partial charge in [-0.1, -0.05) is 18.0 Å². The van der Waals surface area contributed by atoms with Crippen LogP contribution in [0.25, 0.3) is 10.9 Å². The van der Waals surface area contributed by atoms with Crippen LogP contribution in [0.1, 0.15) is 44.6 Å². The lowest BCUT2D eigenvalue weighted by molar-refractivity contribution is -0.107. The number of carbonyl (C=O) groups excluding carboxylic acids is 2. The standard InChI is InChI=1S/C31H42F2N8O3S/c1-34-31(43)41(13-3-19-42)28-6-2-5-27-26(28)11-18-40(27)24-9-14-38(15-10-24)12-4-20-45-39-16-7-23(8-17-39)37-30-35-21-25(22-36-30)44-29(32)33/h2,5-6,11,18-19,21-24,29H,3-4,7-10,12-17,20H2,1H3,(H,34,43)(H,35,36,37). The second-order valence-electron chi connectivity index (χ2n) is 11.3. The Kier molecular flexibility index (Phi) is 11.8. The lowest BCUT2D eigenvalue weighted by Gasteiger charge is -2.34. The summed E-state index contributed by atoms with van der Waals surface area (Å²) in [5, 5.41) is 7.02. The molecule has 2 fully saturated rings. The van der Waals surface area contributed by atoms with Crippen LogP contribution in [0.2, 0.25) is 0 Å². The first-order valence-corrected chi connectivity index (χ1v) is 16.6. The SMILES string of the molecule is CNC(=O)N(CCC=O)c1cccc2c1ccn2C1CCN(CCCSN2CCC(Nc3ncc(OC(F)F)cn3)CC2)CC1. The van der Waals surface area contributed by atoms with Gasteiger partial charge < -0.3 is 29.6 Å². The fourth-order valence-corrected chi connectivity index (χ4v) is 7.13. The fourth-order valence-electron chi connectivity index (χ4n) is 6.14. The average Bonchev–Trinajstić information content (AvgIpc) is 3.50. The summed E-state index contributed by atoms with van der Waals surface area (Å²) < 4.78 is 33.7. The van der Waals surface area contributed by atoms with Gasteiger partial charge >= 0.3 is 12.6 Å². The van der Waals surface area contributed by atoms with E-state index in [0.29, 0.717) is 18.5 Å². The summed E-state index contributed by atoms with van der Waals surface area (Å²) in [6, 6.07) is 8.58. The van der Waals surface area contributed by atoms with Crippen molar-refractivity contribution in [2.45, 2.75) is 57.2 Å². The number of aromatic nitrogens is 3. The van der Waals surface area contributed by atoms with E-state index in [2.05, 4.69) is 57.4 Å². The van der Waals surface area contributed by atoms with Gasteiger partial charge in [0.2, 0.25) is 5.95 Å². The molecular weight excluding hydrogens is 602 g/mol. The number of rotatable bonds is 14. The van der Waals surface area contributed by atoms with Crippen molar-refractivity contribution in [2.24, 2.45) is 0 Å². The molecule has 0 aliphatic carbocycles. The van der Waals surface area contributed by atoms with Gasteiger partial charge in [0.05, 0.1) is 23.6 Å². The number of benzene rings is 1. The number of ether oxygens (including phenoxy) is 1. The van der Waals surface area contributed by atoms with Gasteiger partial charge in [0.1, 0.15) is 6.29 Å². The highest BCUT2D eigenvalue weighted by atomic mass is 32.2. The molecular formula is C31H42F2N8O3S. The Morgan fingerprint density at radius 2 is 1.89 bits per heavy atom. The summed E-state index contributed by atoms with van der Waals surface area (Å²) in [5.74, 6) is 1.47. The van der Waals surface area contributed by atoms with Crippen molar-refractivity contribution in [3.8, 4) is 5.75 Å². The van der Waals surface area contributed by atoms with Crippen LogP contribution in [0.4, 0.5) is 25.2 Å². The Balaban J connectivity index is 1.01. The smallest absolute Gasteiger partial charge is 0.387 e. The minimum absolute atomic E-state index is 0.0462. The highest BCUT2D eigenvalue weighted by Gasteiger charge is 2.24. The number of piperidine rings is 2. The van der Waals surface area contributed by atoms with Gasteiger partial charge in [-0.3, -0.25) is 9.21 Å². The molecule has 0 atom stereocenters. The number of urea groups is 1. The number of nitrogens with zero attached hydrogens (tertiary/aromatic N) is 6. The lowest BCUT2D eigenvalue weighted by atomic mass is 10.0. The monoisotopic (exact) mass is 644 g/mol. The molecule has 11 nitrogen and oxygen atoms in total. The summed E-state index contributed by atoms with van der Waals surface area (Å²) in [7, 11) is 1.61. The van der Waals surface area contributed by atoms with Gasteiger partial charge in [0, 0.05) is 75.6 Å². The number of hydrogen-bond acceptors (Lipinski definition) is 9. The Labute approximate surface area is 266 Å². The number of nitrogens with one attached hydrogen (secondary N) is 2. The highest BCUT2D eigenvalue weighted by molar-refractivity contribution is 7.97. The van der Waals surface area contributed by atoms with E-state index in [9.17, 15) is 18.4 Å². The Morgan fingerprint density at radius 3 is 2.58 bits per heavy atom. The normalized spacial score (nSPS) is 17.1. The van der Waals surface area contributed by atoms with Crippen LogP contribution in [0.3, 0.4) is 0 Å². The second-order valence-corrected chi connectivity index (χ2v) is 12.5. The molecule has 0 radical (unpaired) electrons. The maximum Gasteiger partial charge on any atom is 0.387 e. The van der Waals surface area contributed by atoms with E-state index in [-0.39, 0.29) is 24.2 Å². The topological polar surface area (TPSA) is 108 Å². The van der Waals surface area contributed by atoms with E-state index in [1.54, 1.807) is 11.9 Å². The first-order chi connectivity index (χ1) is 21.9. The number of anilines is 2. The number of halogens is 2. The van der Waals surface area contributed by atoms with Gasteiger partial charge in [0.25, 0.3) is 0 Å². The van der Waals surface area contributed by atoms with Crippen molar-refractivity contribution in [2.75, 3.05) is 62.3 Å². The highest BCUT2D eigenvalue weighted by Crippen LogP contribution is 2.33. The first-order valence-electron chi connectivity index (χ1n) is 15.6. The fraction of sp³-hybridized carbons (Fsp3) is 0.548. The van der Waals surface area contributed by atoms with Crippen LogP contribution >= 0.6 is 11.9 Å². The molecule has 3 aromatic rings. The number of amides is 2. The van der Waals surface area contributed by atoms with Crippen molar-refractivity contribution in [1.82, 2.24) is 29.1 Å². The minimum atomic E-state index is -2.88. The molecule has 5 rings (SSSR count). The van der Waals surface area contributed by atoms with Crippen LogP contribution in [0.15, 0.2) is 42.9 Å². The third-order valence-electron chi connectivity index (χ3n) is 8.44. The maximum absolute atomic E-state index is 12.6. The molecule has 2 amide bonds. The Hall–Kier alpha value is -3.49. The number of carbonyl (C=O) groups is 2. The van der Waals surface area contributed by atoms with Crippen LogP contribution < -0.4 is 20.3 Å². The van der Waals surface area contributed by atoms with Crippen LogP contribution in [0.5, 0.6) is 5.75 Å². The molecule has 0 saturated carbocycles. The quantitative estimate of drug-likeness (QED) is 0.142. The van der Waals surface area contributed by atoms with Gasteiger partial charge in [-0.2, -0.15) is 8.78 Å². The molecule has 2 aliphatic heterocycles. The number of aldehydes is 1. The largest absolute Gasteiger partial charge is 0.432 e. The Morgan fingerprint density at radius 1 is 1.13 bits per heavy atom. The summed E-state index contributed by atoms with van der Waals surface area (Å²) in [4.78, 5) is 35.9. The number of likely N-dealkylation sites (tertiary alicyclic amines) is 1. The minimum Gasteiger partial charge on any atom is -0.432 e. The van der Waals surface area contributed by atoms with Crippen LogP contribution in [0, 0.1) is 0 Å². The first kappa shape index (κ1) is 32.9. The lowest BCUT2D eigenvalue weighted by Crippen LogP contribution is -2.39. The van der Waals surface area contributed by atoms with E-state index in [0.717, 1.165) is 93.5 Å². The van der Waals surface area contributed by atoms with Crippen LogP contribution in [-0.4, -0.2) is 101 Å². The number of hydrogen-bond donors (Lipinski definition) is 2. The molecule has 244 valence electrons. The molecule has 4 heterocycles. The van der Waals surface area contributed by atoms with Crippen molar-refractivity contribution < 1.29 is 23.1 Å². The van der Waals surface area contributed by atoms with Crippen molar-refractivity contribution in [3.63, 3.8) is 0 Å². The van der Waals surface area contributed by atoms with E-state index >= 15 is 0 Å². The van der Waals surface area contributed by atoms with Gasteiger partial charge in [-0.15, -0.1) is 0 Å².